The lowest BCUT2D eigenvalue weighted by molar-refractivity contribution is -0.139. The van der Waals surface area contributed by atoms with Gasteiger partial charge in [-0.2, -0.15) is 0 Å². The molecule has 0 aliphatic heterocycles. The van der Waals surface area contributed by atoms with Crippen LogP contribution in [0.25, 0.3) is 17.7 Å². The zero-order valence-electron chi connectivity index (χ0n) is 20.1. The molecule has 0 heterocycles. The number of carbonyl (C=O) groups is 3. The van der Waals surface area contributed by atoms with Crippen molar-refractivity contribution in [2.24, 2.45) is 0 Å². The first-order valence-corrected chi connectivity index (χ1v) is 10.4. The maximum absolute atomic E-state index is 11.5. The number of carbonyl (C=O) groups excluding carboxylic acids is 3. The van der Waals surface area contributed by atoms with Crippen molar-refractivity contribution >= 4 is 35.6 Å². The number of esters is 3. The zero-order valence-corrected chi connectivity index (χ0v) is 20.1. The van der Waals surface area contributed by atoms with Crippen LogP contribution in [0.2, 0.25) is 0 Å². The molecule has 0 aliphatic carbocycles. The predicted molar refractivity (Wildman–Crippen MR) is 128 cm³/mol. The average molecular weight is 469 g/mol. The van der Waals surface area contributed by atoms with E-state index in [1.165, 1.54) is 35.0 Å². The number of rotatable bonds is 9. The van der Waals surface area contributed by atoms with Crippen molar-refractivity contribution in [3.05, 3.63) is 53.1 Å². The molecule has 34 heavy (non-hydrogen) atoms. The Morgan fingerprint density at radius 2 is 1.38 bits per heavy atom. The van der Waals surface area contributed by atoms with E-state index in [1.54, 1.807) is 42.5 Å². The number of methoxy groups -OCH3 is 2. The molecule has 0 amide bonds. The van der Waals surface area contributed by atoms with Gasteiger partial charge in [-0.15, -0.1) is 0 Å². The maximum atomic E-state index is 11.5. The summed E-state index contributed by atoms with van der Waals surface area (Å²) in [6.07, 6.45) is 5.38. The molecule has 0 aliphatic rings. The van der Waals surface area contributed by atoms with Crippen LogP contribution in [0.4, 0.5) is 0 Å². The smallest absolute Gasteiger partial charge is 0.308 e. The molecule has 0 radical (unpaired) electrons. The van der Waals surface area contributed by atoms with E-state index in [0.717, 1.165) is 22.3 Å². The first-order valence-electron chi connectivity index (χ1n) is 10.4. The minimum atomic E-state index is -0.479. The van der Waals surface area contributed by atoms with Gasteiger partial charge in [0.05, 0.1) is 14.2 Å². The van der Waals surface area contributed by atoms with E-state index >= 15 is 0 Å². The van der Waals surface area contributed by atoms with Crippen LogP contribution in [-0.2, 0) is 19.1 Å². The zero-order chi connectivity index (χ0) is 25.3. The molecule has 2 rings (SSSR count). The third-order valence-electron chi connectivity index (χ3n) is 4.52. The van der Waals surface area contributed by atoms with Crippen LogP contribution in [0.15, 0.2) is 36.4 Å². The second-order valence-corrected chi connectivity index (χ2v) is 7.22. The molecule has 0 aromatic heterocycles. The molecule has 0 saturated carbocycles. The molecule has 8 heteroatoms. The number of benzene rings is 2. The highest BCUT2D eigenvalue weighted by molar-refractivity contribution is 5.86. The van der Waals surface area contributed by atoms with Gasteiger partial charge in [0.1, 0.15) is 6.61 Å². The highest BCUT2D eigenvalue weighted by atomic mass is 16.6. The summed E-state index contributed by atoms with van der Waals surface area (Å²) >= 11 is 0. The first-order chi connectivity index (χ1) is 16.1. The molecule has 0 unspecified atom stereocenters. The molecule has 0 spiro atoms. The van der Waals surface area contributed by atoms with E-state index in [2.05, 4.69) is 0 Å². The van der Waals surface area contributed by atoms with Gasteiger partial charge in [-0.3, -0.25) is 14.4 Å². The van der Waals surface area contributed by atoms with Crippen molar-refractivity contribution in [2.45, 2.75) is 27.7 Å². The van der Waals surface area contributed by atoms with Gasteiger partial charge in [0.15, 0.2) is 23.0 Å². The Kier molecular flexibility index (Phi) is 9.43. The molecular weight excluding hydrogens is 440 g/mol. The van der Waals surface area contributed by atoms with Crippen LogP contribution < -0.4 is 18.9 Å². The van der Waals surface area contributed by atoms with Crippen molar-refractivity contribution in [1.29, 1.82) is 0 Å². The highest BCUT2D eigenvalue weighted by Crippen LogP contribution is 2.36. The Bertz CT molecular complexity index is 1130. The van der Waals surface area contributed by atoms with E-state index in [9.17, 15) is 14.4 Å². The maximum Gasteiger partial charge on any atom is 0.308 e. The van der Waals surface area contributed by atoms with Gasteiger partial charge in [0.2, 0.25) is 0 Å². The predicted octanol–water partition coefficient (Wildman–Crippen LogP) is 4.69. The second-order valence-electron chi connectivity index (χ2n) is 7.22. The summed E-state index contributed by atoms with van der Waals surface area (Å²) in [7, 11) is 2.98. The highest BCUT2D eigenvalue weighted by Gasteiger charge is 2.14. The average Bonchev–Trinajstić information content (AvgIpc) is 2.76. The van der Waals surface area contributed by atoms with E-state index in [0.29, 0.717) is 17.2 Å². The molecule has 2 aromatic rings. The topological polar surface area (TPSA) is 97.4 Å². The van der Waals surface area contributed by atoms with Crippen molar-refractivity contribution in [3.63, 3.8) is 0 Å². The minimum Gasteiger partial charge on any atom is -0.493 e. The van der Waals surface area contributed by atoms with Crippen LogP contribution in [0.1, 0.15) is 44.4 Å². The number of allylic oxidation sites excluding steroid dienone is 1. The molecule has 180 valence electrons. The molecule has 8 nitrogen and oxygen atoms in total. The lowest BCUT2D eigenvalue weighted by Gasteiger charge is -2.14. The summed E-state index contributed by atoms with van der Waals surface area (Å²) in [5.74, 6) is 0.0924. The largest absolute Gasteiger partial charge is 0.493 e. The van der Waals surface area contributed by atoms with Gasteiger partial charge in [0, 0.05) is 20.8 Å². The fourth-order valence-electron chi connectivity index (χ4n) is 3.13. The van der Waals surface area contributed by atoms with Crippen LogP contribution in [-0.4, -0.2) is 38.7 Å². The molecule has 2 aromatic carbocycles. The van der Waals surface area contributed by atoms with E-state index in [4.69, 9.17) is 23.7 Å². The van der Waals surface area contributed by atoms with Gasteiger partial charge in [-0.05, 0) is 59.5 Å². The summed E-state index contributed by atoms with van der Waals surface area (Å²) in [5, 5.41) is 0. The molecule has 0 N–H and O–H groups in total. The van der Waals surface area contributed by atoms with Crippen molar-refractivity contribution in [1.82, 2.24) is 0 Å². The number of ether oxygens (including phenoxy) is 5. The van der Waals surface area contributed by atoms with Crippen LogP contribution in [0.5, 0.6) is 23.0 Å². The summed E-state index contributed by atoms with van der Waals surface area (Å²) in [6.45, 7) is 5.97. The fraction of sp³-hybridized carbons (Fsp3) is 0.269. The molecule has 0 atom stereocenters. The molecule has 0 bridgehead atoms. The van der Waals surface area contributed by atoms with Crippen molar-refractivity contribution in [3.8, 4) is 23.0 Å². The third-order valence-corrected chi connectivity index (χ3v) is 4.52. The second kappa shape index (κ2) is 12.2. The van der Waals surface area contributed by atoms with E-state index < -0.39 is 11.9 Å². The minimum absolute atomic E-state index is 0.0985. The van der Waals surface area contributed by atoms with E-state index in [-0.39, 0.29) is 18.3 Å². The monoisotopic (exact) mass is 468 g/mol. The molecule has 0 saturated heterocycles. The SMILES string of the molecule is COc1cc(C=C(C)c2cc(OC)c(OC(C)=O)cc2C=CCOC(C)=O)ccc1OC(C)=O. The quantitative estimate of drug-likeness (QED) is 0.297. The van der Waals surface area contributed by atoms with Crippen LogP contribution >= 0.6 is 0 Å². The standard InChI is InChI=1S/C26H28O8/c1-16(12-20-9-10-23(33-18(3)28)24(13-20)30-5)22-15-25(31-6)26(34-19(4)29)14-21(22)8-7-11-32-17(2)27/h7-10,12-15H,11H2,1-6H3. The van der Waals surface area contributed by atoms with Crippen LogP contribution in [0, 0.1) is 0 Å². The molecule has 0 fully saturated rings. The summed E-state index contributed by atoms with van der Waals surface area (Å²) in [6, 6.07) is 8.65. The number of hydrogen-bond acceptors (Lipinski definition) is 8. The Morgan fingerprint density at radius 3 is 1.97 bits per heavy atom. The summed E-state index contributed by atoms with van der Waals surface area (Å²) in [5.41, 5.74) is 3.20. The lowest BCUT2D eigenvalue weighted by atomic mass is 9.97. The van der Waals surface area contributed by atoms with Gasteiger partial charge in [0.25, 0.3) is 0 Å². The van der Waals surface area contributed by atoms with Gasteiger partial charge < -0.3 is 23.7 Å². The van der Waals surface area contributed by atoms with Gasteiger partial charge in [-0.1, -0.05) is 18.2 Å². The lowest BCUT2D eigenvalue weighted by Crippen LogP contribution is -2.04. The van der Waals surface area contributed by atoms with Gasteiger partial charge in [-0.25, -0.2) is 0 Å². The Labute approximate surface area is 198 Å². The Balaban J connectivity index is 2.53. The van der Waals surface area contributed by atoms with Crippen LogP contribution in [0.3, 0.4) is 0 Å². The Morgan fingerprint density at radius 1 is 0.765 bits per heavy atom. The fourth-order valence-corrected chi connectivity index (χ4v) is 3.13. The summed E-state index contributed by atoms with van der Waals surface area (Å²) < 4.78 is 26.2. The third kappa shape index (κ3) is 7.51. The van der Waals surface area contributed by atoms with E-state index in [1.807, 2.05) is 13.0 Å². The first kappa shape index (κ1) is 26.2. The number of hydrogen-bond donors (Lipinski definition) is 0. The normalized spacial score (nSPS) is 11.2. The van der Waals surface area contributed by atoms with Crippen molar-refractivity contribution < 1.29 is 38.1 Å². The van der Waals surface area contributed by atoms with Crippen molar-refractivity contribution in [2.75, 3.05) is 20.8 Å². The van der Waals surface area contributed by atoms with Gasteiger partial charge >= 0.3 is 17.9 Å². The Hall–Kier alpha value is -4.07. The summed E-state index contributed by atoms with van der Waals surface area (Å²) in [4.78, 5) is 33.9. The molecular formula is C26H28O8.